The third-order valence-electron chi connectivity index (χ3n) is 6.24. The number of aliphatic imine (C=N–C) groups is 1. The fraction of sp³-hybridized carbons (Fsp3) is 0.417. The fourth-order valence-electron chi connectivity index (χ4n) is 4.23. The van der Waals surface area contributed by atoms with Gasteiger partial charge >= 0.3 is 0 Å². The van der Waals surface area contributed by atoms with E-state index in [0.29, 0.717) is 6.04 Å². The molecule has 1 aliphatic carbocycles. The highest BCUT2D eigenvalue weighted by molar-refractivity contribution is 6.05. The number of hydrogen-bond acceptors (Lipinski definition) is 5. The van der Waals surface area contributed by atoms with Crippen molar-refractivity contribution >= 4 is 23.1 Å². The van der Waals surface area contributed by atoms with Gasteiger partial charge in [-0.05, 0) is 70.1 Å². The van der Waals surface area contributed by atoms with Gasteiger partial charge in [0, 0.05) is 30.7 Å². The van der Waals surface area contributed by atoms with E-state index in [2.05, 4.69) is 29.2 Å². The minimum absolute atomic E-state index is 0.109. The van der Waals surface area contributed by atoms with Gasteiger partial charge in [-0.3, -0.25) is 4.79 Å². The van der Waals surface area contributed by atoms with Crippen molar-refractivity contribution in [2.75, 3.05) is 32.5 Å². The molecule has 0 bridgehead atoms. The number of amidine groups is 1. The standard InChI is InChI=1S/C24H28N4O2/c1-27(2)18-11-13-28(14-12-18)23-19-15-17(25-24(29)16-7-8-16)9-10-21(19)30-22-6-4-3-5-20(22)26-23/h3-6,9-10,15-16,18H,7-8,11-14H2,1-2H3,(H,25,29). The lowest BCUT2D eigenvalue weighted by molar-refractivity contribution is -0.117. The second kappa shape index (κ2) is 7.76. The van der Waals surface area contributed by atoms with Gasteiger partial charge in [-0.25, -0.2) is 4.99 Å². The number of amides is 1. The highest BCUT2D eigenvalue weighted by Crippen LogP contribution is 2.39. The van der Waals surface area contributed by atoms with Crippen molar-refractivity contribution in [1.29, 1.82) is 0 Å². The maximum Gasteiger partial charge on any atom is 0.227 e. The SMILES string of the molecule is CN(C)C1CCN(C2=Nc3ccccc3Oc3ccc(NC(=O)C4CC4)cc32)CC1. The number of benzene rings is 2. The van der Waals surface area contributed by atoms with Crippen molar-refractivity contribution in [2.24, 2.45) is 10.9 Å². The van der Waals surface area contributed by atoms with Crippen LogP contribution in [0.2, 0.25) is 0 Å². The number of hydrogen-bond donors (Lipinski definition) is 1. The van der Waals surface area contributed by atoms with Crippen molar-refractivity contribution in [3.05, 3.63) is 48.0 Å². The highest BCUT2D eigenvalue weighted by Gasteiger charge is 2.31. The topological polar surface area (TPSA) is 57.2 Å². The molecule has 156 valence electrons. The molecule has 2 aromatic carbocycles. The number of carbonyl (C=O) groups is 1. The first-order valence-electron chi connectivity index (χ1n) is 10.8. The molecule has 0 radical (unpaired) electrons. The van der Waals surface area contributed by atoms with Crippen LogP contribution in [0.5, 0.6) is 11.5 Å². The molecular weight excluding hydrogens is 376 g/mol. The summed E-state index contributed by atoms with van der Waals surface area (Å²) in [5, 5.41) is 3.07. The average Bonchev–Trinajstić information content (AvgIpc) is 3.60. The third kappa shape index (κ3) is 3.79. The molecule has 6 heteroatoms. The number of piperidine rings is 1. The van der Waals surface area contributed by atoms with Crippen molar-refractivity contribution in [1.82, 2.24) is 9.80 Å². The first-order chi connectivity index (χ1) is 14.6. The second-order valence-corrected chi connectivity index (χ2v) is 8.66. The Hall–Kier alpha value is -2.86. The molecule has 5 rings (SSSR count). The van der Waals surface area contributed by atoms with Crippen LogP contribution in [-0.4, -0.2) is 54.8 Å². The Labute approximate surface area is 177 Å². The minimum Gasteiger partial charge on any atom is -0.454 e. The van der Waals surface area contributed by atoms with Crippen molar-refractivity contribution in [2.45, 2.75) is 31.7 Å². The Balaban J connectivity index is 1.50. The molecule has 1 N–H and O–H groups in total. The number of carbonyl (C=O) groups excluding carboxylic acids is 1. The summed E-state index contributed by atoms with van der Waals surface area (Å²) in [6, 6.07) is 14.4. The average molecular weight is 405 g/mol. The molecule has 3 aliphatic rings. The predicted molar refractivity (Wildman–Crippen MR) is 119 cm³/mol. The molecule has 1 amide bonds. The second-order valence-electron chi connectivity index (χ2n) is 8.66. The van der Waals surface area contributed by atoms with Crippen LogP contribution in [0.4, 0.5) is 11.4 Å². The van der Waals surface area contributed by atoms with E-state index in [1.807, 2.05) is 42.5 Å². The number of nitrogens with zero attached hydrogens (tertiary/aromatic N) is 3. The van der Waals surface area contributed by atoms with Crippen LogP contribution in [0.25, 0.3) is 0 Å². The smallest absolute Gasteiger partial charge is 0.227 e. The van der Waals surface area contributed by atoms with Crippen LogP contribution in [-0.2, 0) is 4.79 Å². The van der Waals surface area contributed by atoms with Crippen LogP contribution in [0.15, 0.2) is 47.5 Å². The van der Waals surface area contributed by atoms with E-state index >= 15 is 0 Å². The van der Waals surface area contributed by atoms with E-state index < -0.39 is 0 Å². The van der Waals surface area contributed by atoms with E-state index in [1.165, 1.54) is 0 Å². The molecule has 2 aliphatic heterocycles. The van der Waals surface area contributed by atoms with Crippen LogP contribution in [0.3, 0.4) is 0 Å². The van der Waals surface area contributed by atoms with Crippen LogP contribution >= 0.6 is 0 Å². The van der Waals surface area contributed by atoms with Crippen LogP contribution in [0, 0.1) is 5.92 Å². The number of nitrogens with one attached hydrogen (secondary N) is 1. The predicted octanol–water partition coefficient (Wildman–Crippen LogP) is 4.25. The largest absolute Gasteiger partial charge is 0.454 e. The van der Waals surface area contributed by atoms with E-state index in [9.17, 15) is 4.79 Å². The quantitative estimate of drug-likeness (QED) is 0.831. The number of anilines is 1. The lowest BCUT2D eigenvalue weighted by Gasteiger charge is -2.37. The highest BCUT2D eigenvalue weighted by atomic mass is 16.5. The maximum absolute atomic E-state index is 12.3. The zero-order valence-corrected chi connectivity index (χ0v) is 17.6. The van der Waals surface area contributed by atoms with E-state index in [-0.39, 0.29) is 11.8 Å². The van der Waals surface area contributed by atoms with E-state index in [4.69, 9.17) is 9.73 Å². The van der Waals surface area contributed by atoms with Crippen molar-refractivity contribution in [3.8, 4) is 11.5 Å². The molecule has 0 spiro atoms. The number of para-hydroxylation sites is 2. The summed E-state index contributed by atoms with van der Waals surface area (Å²) in [6.45, 7) is 1.89. The summed E-state index contributed by atoms with van der Waals surface area (Å²) in [5.41, 5.74) is 2.57. The molecule has 1 saturated heterocycles. The van der Waals surface area contributed by atoms with Gasteiger partial charge in [0.2, 0.25) is 5.91 Å². The molecule has 0 atom stereocenters. The number of fused-ring (bicyclic) bond motifs is 2. The van der Waals surface area contributed by atoms with Crippen molar-refractivity contribution in [3.63, 3.8) is 0 Å². The van der Waals surface area contributed by atoms with Crippen LogP contribution in [0.1, 0.15) is 31.2 Å². The Morgan fingerprint density at radius 1 is 1.07 bits per heavy atom. The molecule has 0 unspecified atom stereocenters. The number of ether oxygens (including phenoxy) is 1. The Morgan fingerprint density at radius 3 is 2.57 bits per heavy atom. The molecule has 2 fully saturated rings. The number of rotatable bonds is 3. The molecular formula is C24H28N4O2. The first-order valence-corrected chi connectivity index (χ1v) is 10.8. The van der Waals surface area contributed by atoms with Gasteiger partial charge in [0.05, 0.1) is 5.56 Å². The summed E-state index contributed by atoms with van der Waals surface area (Å²) in [4.78, 5) is 22.0. The minimum atomic E-state index is 0.109. The Morgan fingerprint density at radius 2 is 1.83 bits per heavy atom. The Bertz CT molecular complexity index is 988. The van der Waals surface area contributed by atoms with Crippen molar-refractivity contribution < 1.29 is 9.53 Å². The molecule has 0 aromatic heterocycles. The van der Waals surface area contributed by atoms with Gasteiger partial charge in [0.25, 0.3) is 0 Å². The fourth-order valence-corrected chi connectivity index (χ4v) is 4.23. The summed E-state index contributed by atoms with van der Waals surface area (Å²) in [6.07, 6.45) is 4.18. The first kappa shape index (κ1) is 19.1. The van der Waals surface area contributed by atoms with Gasteiger partial charge in [-0.15, -0.1) is 0 Å². The monoisotopic (exact) mass is 404 g/mol. The zero-order valence-electron chi connectivity index (χ0n) is 17.6. The summed E-state index contributed by atoms with van der Waals surface area (Å²) < 4.78 is 6.24. The molecule has 6 nitrogen and oxygen atoms in total. The molecule has 2 heterocycles. The van der Waals surface area contributed by atoms with Gasteiger partial charge < -0.3 is 19.9 Å². The zero-order chi connectivity index (χ0) is 20.7. The Kier molecular flexibility index (Phi) is 4.95. The van der Waals surface area contributed by atoms with Crippen LogP contribution < -0.4 is 10.1 Å². The summed E-state index contributed by atoms with van der Waals surface area (Å²) >= 11 is 0. The van der Waals surface area contributed by atoms with Gasteiger partial charge in [-0.2, -0.15) is 0 Å². The lowest BCUT2D eigenvalue weighted by atomic mass is 10.0. The lowest BCUT2D eigenvalue weighted by Crippen LogP contribution is -2.44. The van der Waals surface area contributed by atoms with Gasteiger partial charge in [0.15, 0.2) is 5.75 Å². The van der Waals surface area contributed by atoms with E-state index in [1.54, 1.807) is 0 Å². The molecule has 30 heavy (non-hydrogen) atoms. The molecule has 1 saturated carbocycles. The molecule has 2 aromatic rings. The maximum atomic E-state index is 12.3. The van der Waals surface area contributed by atoms with E-state index in [0.717, 1.165) is 73.0 Å². The van der Waals surface area contributed by atoms with Gasteiger partial charge in [-0.1, -0.05) is 12.1 Å². The number of likely N-dealkylation sites (tertiary alicyclic amines) is 1. The third-order valence-corrected chi connectivity index (χ3v) is 6.24. The summed E-state index contributed by atoms with van der Waals surface area (Å²) in [7, 11) is 4.30. The van der Waals surface area contributed by atoms with Gasteiger partial charge in [0.1, 0.15) is 17.3 Å². The normalized spacial score (nSPS) is 18.8. The summed E-state index contributed by atoms with van der Waals surface area (Å²) in [5.74, 6) is 2.74.